The summed E-state index contributed by atoms with van der Waals surface area (Å²) in [7, 11) is 1.96. The first-order chi connectivity index (χ1) is 24.1. The van der Waals surface area contributed by atoms with Gasteiger partial charge in [0, 0.05) is 41.3 Å². The number of carbonyl (C=O) groups excluding carboxylic acids is 2. The largest absolute Gasteiger partial charge is 0.375 e. The molecule has 10 heteroatoms. The first-order valence-electron chi connectivity index (χ1n) is 17.1. The molecule has 2 heterocycles. The van der Waals surface area contributed by atoms with Gasteiger partial charge in [0.1, 0.15) is 16.5 Å². The van der Waals surface area contributed by atoms with Gasteiger partial charge in [0.25, 0.3) is 0 Å². The van der Waals surface area contributed by atoms with Gasteiger partial charge in [0.2, 0.25) is 11.3 Å². The quantitative estimate of drug-likeness (QED) is 0.123. The Balaban J connectivity index is 1.62. The average Bonchev–Trinajstić information content (AvgIpc) is 3.45. The Labute approximate surface area is 301 Å². The SMILES string of the molecule is CC(C)C(=O)c1cn(Cc2c(F)cccc2F)c2sc(-c3ccc(NC(=O)[C@H](C)COC(C)(C)C)cc3)c(CN(C)Cc3ccccc3)c2c1=O. The topological polar surface area (TPSA) is 80.6 Å². The second-order valence-corrected chi connectivity index (χ2v) is 15.4. The predicted molar refractivity (Wildman–Crippen MR) is 201 cm³/mol. The summed E-state index contributed by atoms with van der Waals surface area (Å²) < 4.78 is 37.4. The van der Waals surface area contributed by atoms with Crippen LogP contribution >= 0.6 is 11.3 Å². The van der Waals surface area contributed by atoms with Crippen LogP contribution in [0.2, 0.25) is 0 Å². The molecule has 1 N–H and O–H groups in total. The molecule has 0 aliphatic rings. The number of halogens is 2. The van der Waals surface area contributed by atoms with Gasteiger partial charge in [0.15, 0.2) is 5.78 Å². The van der Waals surface area contributed by atoms with Crippen LogP contribution in [0.15, 0.2) is 83.8 Å². The number of carbonyl (C=O) groups is 2. The summed E-state index contributed by atoms with van der Waals surface area (Å²) in [6.07, 6.45) is 1.44. The van der Waals surface area contributed by atoms with Gasteiger partial charge in [-0.05, 0) is 68.8 Å². The molecule has 0 saturated heterocycles. The van der Waals surface area contributed by atoms with Gasteiger partial charge < -0.3 is 14.6 Å². The second-order valence-electron chi connectivity index (χ2n) is 14.4. The van der Waals surface area contributed by atoms with Crippen LogP contribution < -0.4 is 10.7 Å². The lowest BCUT2D eigenvalue weighted by molar-refractivity contribution is -0.123. The minimum absolute atomic E-state index is 0.0202. The van der Waals surface area contributed by atoms with Gasteiger partial charge in [0.05, 0.1) is 35.6 Å². The summed E-state index contributed by atoms with van der Waals surface area (Å²) in [6, 6.07) is 21.0. The molecule has 0 bridgehead atoms. The number of amides is 1. The van der Waals surface area contributed by atoms with Crippen LogP contribution in [0, 0.1) is 23.5 Å². The van der Waals surface area contributed by atoms with E-state index in [0.29, 0.717) is 34.6 Å². The Morgan fingerprint density at radius 3 is 2.16 bits per heavy atom. The maximum Gasteiger partial charge on any atom is 0.229 e. The molecular weight excluding hydrogens is 669 g/mol. The highest BCUT2D eigenvalue weighted by atomic mass is 32.1. The number of pyridine rings is 1. The molecule has 0 radical (unpaired) electrons. The number of ketones is 1. The van der Waals surface area contributed by atoms with E-state index in [1.165, 1.54) is 35.7 Å². The number of hydrogen-bond acceptors (Lipinski definition) is 6. The zero-order valence-corrected chi connectivity index (χ0v) is 31.0. The summed E-state index contributed by atoms with van der Waals surface area (Å²) in [5.41, 5.74) is 2.25. The van der Waals surface area contributed by atoms with Crippen LogP contribution in [-0.4, -0.2) is 40.4 Å². The van der Waals surface area contributed by atoms with E-state index in [1.54, 1.807) is 30.5 Å². The number of nitrogens with zero attached hydrogens (tertiary/aromatic N) is 2. The van der Waals surface area contributed by atoms with Crippen molar-refractivity contribution in [2.45, 2.75) is 66.8 Å². The van der Waals surface area contributed by atoms with Gasteiger partial charge in [-0.15, -0.1) is 11.3 Å². The van der Waals surface area contributed by atoms with E-state index in [9.17, 15) is 23.2 Å². The zero-order chi connectivity index (χ0) is 37.0. The maximum atomic E-state index is 15.0. The van der Waals surface area contributed by atoms with Gasteiger partial charge >= 0.3 is 0 Å². The molecule has 5 aromatic rings. The minimum Gasteiger partial charge on any atom is -0.375 e. The summed E-state index contributed by atoms with van der Waals surface area (Å²) in [6.45, 7) is 12.1. The van der Waals surface area contributed by atoms with Crippen LogP contribution in [0.5, 0.6) is 0 Å². The van der Waals surface area contributed by atoms with Crippen LogP contribution in [0.4, 0.5) is 14.5 Å². The van der Waals surface area contributed by atoms with Gasteiger partial charge in [-0.3, -0.25) is 19.3 Å². The van der Waals surface area contributed by atoms with Crippen molar-refractivity contribution in [1.82, 2.24) is 9.47 Å². The molecule has 5 rings (SSSR count). The van der Waals surface area contributed by atoms with E-state index < -0.39 is 23.0 Å². The number of benzene rings is 3. The maximum absolute atomic E-state index is 15.0. The van der Waals surface area contributed by atoms with Crippen LogP contribution in [0.25, 0.3) is 20.7 Å². The molecule has 51 heavy (non-hydrogen) atoms. The lowest BCUT2D eigenvalue weighted by Gasteiger charge is -2.22. The Hall–Kier alpha value is -4.51. The van der Waals surface area contributed by atoms with E-state index in [4.69, 9.17) is 4.74 Å². The number of hydrogen-bond donors (Lipinski definition) is 1. The fourth-order valence-corrected chi connectivity index (χ4v) is 7.07. The second kappa shape index (κ2) is 15.8. The average molecular weight is 714 g/mol. The van der Waals surface area contributed by atoms with Crippen molar-refractivity contribution in [3.05, 3.63) is 123 Å². The van der Waals surface area contributed by atoms with Crippen molar-refractivity contribution in [2.24, 2.45) is 11.8 Å². The van der Waals surface area contributed by atoms with E-state index in [-0.39, 0.29) is 47.5 Å². The molecule has 268 valence electrons. The summed E-state index contributed by atoms with van der Waals surface area (Å²) in [5.74, 6) is -2.78. The van der Waals surface area contributed by atoms with Crippen LogP contribution in [0.1, 0.15) is 68.6 Å². The molecule has 0 aliphatic carbocycles. The molecule has 1 atom stereocenters. The lowest BCUT2D eigenvalue weighted by Crippen LogP contribution is -2.29. The minimum atomic E-state index is -0.713. The molecule has 0 aliphatic heterocycles. The molecule has 0 spiro atoms. The molecule has 0 saturated carbocycles. The number of fused-ring (bicyclic) bond motifs is 1. The van der Waals surface area contributed by atoms with Crippen molar-refractivity contribution in [1.29, 1.82) is 0 Å². The standard InChI is InChI=1S/C41H45F2N3O4S/c1-25(2)36(47)32-23-46(22-30-33(42)14-11-15-34(30)43)40-35(37(32)48)31(21-45(7)20-27-12-9-8-10-13-27)38(51-40)28-16-18-29(19-17-28)44-39(49)26(3)24-50-41(4,5)6/h8-19,23,25-26H,20-22,24H2,1-7H3,(H,44,49)/t26-/m1/s1. The van der Waals surface area contributed by atoms with Gasteiger partial charge in [-0.2, -0.15) is 0 Å². The number of thiophene rings is 1. The van der Waals surface area contributed by atoms with Gasteiger partial charge in [-0.25, -0.2) is 8.78 Å². The van der Waals surface area contributed by atoms with Crippen LogP contribution in [-0.2, 0) is 29.2 Å². The Kier molecular flexibility index (Phi) is 11.7. The molecule has 3 aromatic carbocycles. The van der Waals surface area contributed by atoms with E-state index >= 15 is 0 Å². The van der Waals surface area contributed by atoms with Crippen molar-refractivity contribution < 1.29 is 23.1 Å². The van der Waals surface area contributed by atoms with Crippen molar-refractivity contribution >= 4 is 38.9 Å². The first kappa shape index (κ1) is 37.7. The summed E-state index contributed by atoms with van der Waals surface area (Å²) >= 11 is 1.34. The van der Waals surface area contributed by atoms with Crippen molar-refractivity contribution in [3.8, 4) is 10.4 Å². The third-order valence-corrected chi connectivity index (χ3v) is 9.86. The number of ether oxygens (including phenoxy) is 1. The fourth-order valence-electron chi connectivity index (χ4n) is 5.78. The summed E-state index contributed by atoms with van der Waals surface area (Å²) in [4.78, 5) is 44.1. The van der Waals surface area contributed by atoms with Crippen molar-refractivity contribution in [3.63, 3.8) is 0 Å². The fraction of sp³-hybridized carbons (Fsp3) is 0.341. The Morgan fingerprint density at radius 1 is 0.902 bits per heavy atom. The monoisotopic (exact) mass is 713 g/mol. The van der Waals surface area contributed by atoms with Gasteiger partial charge in [-0.1, -0.05) is 69.3 Å². The Morgan fingerprint density at radius 2 is 1.55 bits per heavy atom. The third kappa shape index (κ3) is 9.05. The van der Waals surface area contributed by atoms with E-state index in [2.05, 4.69) is 10.2 Å². The normalized spacial score (nSPS) is 12.5. The Bertz CT molecular complexity index is 2060. The highest BCUT2D eigenvalue weighted by molar-refractivity contribution is 7.22. The van der Waals surface area contributed by atoms with Crippen molar-refractivity contribution in [2.75, 3.05) is 19.0 Å². The van der Waals surface area contributed by atoms with E-state index in [1.807, 2.05) is 77.2 Å². The molecule has 1 amide bonds. The number of rotatable bonds is 13. The molecule has 0 unspecified atom stereocenters. The number of aromatic nitrogens is 1. The molecule has 7 nitrogen and oxygen atoms in total. The molecular formula is C41H45F2N3O4S. The highest BCUT2D eigenvalue weighted by Gasteiger charge is 2.26. The highest BCUT2D eigenvalue weighted by Crippen LogP contribution is 2.39. The first-order valence-corrected chi connectivity index (χ1v) is 17.9. The number of nitrogens with one attached hydrogen (secondary N) is 1. The number of anilines is 1. The summed E-state index contributed by atoms with van der Waals surface area (Å²) in [5, 5.41) is 3.31. The van der Waals surface area contributed by atoms with Crippen LogP contribution in [0.3, 0.4) is 0 Å². The third-order valence-electron chi connectivity index (χ3n) is 8.54. The number of Topliss-reactive ketones (excluding diaryl/α,β-unsaturated/α-hetero) is 1. The molecule has 2 aromatic heterocycles. The van der Waals surface area contributed by atoms with E-state index in [0.717, 1.165) is 16.0 Å². The smallest absolute Gasteiger partial charge is 0.229 e. The zero-order valence-electron chi connectivity index (χ0n) is 30.2. The lowest BCUT2D eigenvalue weighted by atomic mass is 9.99. The predicted octanol–water partition coefficient (Wildman–Crippen LogP) is 8.92. The molecule has 0 fully saturated rings.